The number of hydrogen-bond donors (Lipinski definition) is 1. The molecule has 0 spiro atoms. The first-order chi connectivity index (χ1) is 16.7. The minimum Gasteiger partial charge on any atom is -0.378 e. The van der Waals surface area contributed by atoms with E-state index in [1.165, 1.54) is 16.8 Å². The highest BCUT2D eigenvalue weighted by atomic mass is 19.1. The normalized spacial score (nSPS) is 14.1. The van der Waals surface area contributed by atoms with Crippen molar-refractivity contribution < 1.29 is 9.13 Å². The number of nitrogens with zero attached hydrogens (tertiary/aromatic N) is 4. The number of hydrogen-bond acceptors (Lipinski definition) is 4. The predicted molar refractivity (Wildman–Crippen MR) is 129 cm³/mol. The fourth-order valence-corrected chi connectivity index (χ4v) is 4.37. The second kappa shape index (κ2) is 8.31. The van der Waals surface area contributed by atoms with Crippen molar-refractivity contribution >= 4 is 11.3 Å². The molecule has 0 saturated carbocycles. The van der Waals surface area contributed by atoms with Gasteiger partial charge >= 0.3 is 0 Å². The van der Waals surface area contributed by atoms with Crippen molar-refractivity contribution in [2.24, 2.45) is 0 Å². The van der Waals surface area contributed by atoms with Crippen LogP contribution in [0.2, 0.25) is 0 Å². The third kappa shape index (κ3) is 3.58. The van der Waals surface area contributed by atoms with Crippen LogP contribution in [0.5, 0.6) is 0 Å². The Bertz CT molecular complexity index is 1530. The van der Waals surface area contributed by atoms with Crippen LogP contribution in [0.3, 0.4) is 0 Å². The van der Waals surface area contributed by atoms with Crippen molar-refractivity contribution in [1.29, 1.82) is 0 Å². The van der Waals surface area contributed by atoms with Crippen LogP contribution in [-0.4, -0.2) is 45.7 Å². The average Bonchev–Trinajstić information content (AvgIpc) is 3.48. The van der Waals surface area contributed by atoms with Crippen molar-refractivity contribution in [3.8, 4) is 28.2 Å². The number of nitrogens with one attached hydrogen (secondary N) is 1. The number of H-pyrrole nitrogens is 1. The summed E-state index contributed by atoms with van der Waals surface area (Å²) < 4.78 is 23.2. The summed E-state index contributed by atoms with van der Waals surface area (Å²) in [5, 5.41) is 7.95. The molecule has 0 unspecified atom stereocenters. The smallest absolute Gasteiger partial charge is 0.271 e. The fraction of sp³-hybridized carbons (Fsp3) is 0.154. The first kappa shape index (κ1) is 20.4. The summed E-state index contributed by atoms with van der Waals surface area (Å²) >= 11 is 0. The van der Waals surface area contributed by atoms with Gasteiger partial charge in [-0.25, -0.2) is 13.6 Å². The molecule has 0 amide bonds. The van der Waals surface area contributed by atoms with Crippen molar-refractivity contribution in [3.05, 3.63) is 95.0 Å². The summed E-state index contributed by atoms with van der Waals surface area (Å²) in [6, 6.07) is 23.7. The largest absolute Gasteiger partial charge is 0.378 e. The summed E-state index contributed by atoms with van der Waals surface area (Å²) in [5.41, 5.74) is 3.88. The second-order valence-corrected chi connectivity index (χ2v) is 8.23. The molecule has 170 valence electrons. The molecular weight excluding hydrogens is 433 g/mol. The van der Waals surface area contributed by atoms with E-state index in [2.05, 4.69) is 10.00 Å². The first-order valence-corrected chi connectivity index (χ1v) is 11.2. The quantitative estimate of drug-likeness (QED) is 0.443. The monoisotopic (exact) mass is 455 g/mol. The number of anilines is 1. The van der Waals surface area contributed by atoms with Crippen molar-refractivity contribution in [2.45, 2.75) is 0 Å². The molecule has 1 aliphatic rings. The van der Waals surface area contributed by atoms with Crippen LogP contribution in [-0.2, 0) is 4.74 Å². The fourth-order valence-electron chi connectivity index (χ4n) is 4.37. The number of halogens is 1. The number of aromatic amines is 1. The van der Waals surface area contributed by atoms with Crippen LogP contribution < -0.4 is 10.5 Å². The third-order valence-electron chi connectivity index (χ3n) is 6.07. The zero-order valence-corrected chi connectivity index (χ0v) is 18.3. The SMILES string of the molecule is O=c1cc(-c2ccccc2F)[nH]n1-c1cc(N2CCOCC2)n2nc(-c3ccccc3)cc2c1. The Balaban J connectivity index is 1.52. The van der Waals surface area contributed by atoms with Gasteiger partial charge < -0.3 is 9.64 Å². The van der Waals surface area contributed by atoms with Crippen molar-refractivity contribution in [1.82, 2.24) is 19.4 Å². The van der Waals surface area contributed by atoms with Gasteiger partial charge in [0.2, 0.25) is 0 Å². The Morgan fingerprint density at radius 2 is 1.68 bits per heavy atom. The third-order valence-corrected chi connectivity index (χ3v) is 6.07. The molecule has 1 fully saturated rings. The lowest BCUT2D eigenvalue weighted by Crippen LogP contribution is -2.37. The van der Waals surface area contributed by atoms with Gasteiger partial charge in [-0.15, -0.1) is 0 Å². The van der Waals surface area contributed by atoms with E-state index in [1.807, 2.05) is 53.0 Å². The van der Waals surface area contributed by atoms with Gasteiger partial charge in [-0.2, -0.15) is 5.10 Å². The lowest BCUT2D eigenvalue weighted by molar-refractivity contribution is 0.122. The summed E-state index contributed by atoms with van der Waals surface area (Å²) in [6.45, 7) is 2.69. The molecule has 1 saturated heterocycles. The van der Waals surface area contributed by atoms with Gasteiger partial charge in [0.15, 0.2) is 0 Å². The zero-order valence-electron chi connectivity index (χ0n) is 18.3. The second-order valence-electron chi connectivity index (χ2n) is 8.23. The summed E-state index contributed by atoms with van der Waals surface area (Å²) in [7, 11) is 0. The van der Waals surface area contributed by atoms with E-state index >= 15 is 0 Å². The molecule has 7 nitrogen and oxygen atoms in total. The summed E-state index contributed by atoms with van der Waals surface area (Å²) in [5.74, 6) is 0.482. The highest BCUT2D eigenvalue weighted by molar-refractivity contribution is 5.71. The topological polar surface area (TPSA) is 67.6 Å². The van der Waals surface area contributed by atoms with Crippen molar-refractivity contribution in [3.63, 3.8) is 0 Å². The first-order valence-electron chi connectivity index (χ1n) is 11.2. The molecule has 34 heavy (non-hydrogen) atoms. The molecule has 1 aliphatic heterocycles. The van der Waals surface area contributed by atoms with Gasteiger partial charge in [-0.05, 0) is 24.3 Å². The van der Waals surface area contributed by atoms with Gasteiger partial charge in [-0.3, -0.25) is 9.89 Å². The number of fused-ring (bicyclic) bond motifs is 1. The minimum atomic E-state index is -0.386. The molecule has 2 aromatic carbocycles. The van der Waals surface area contributed by atoms with Crippen LogP contribution in [0.25, 0.3) is 33.7 Å². The maximum absolute atomic E-state index is 14.3. The standard InChI is InChI=1S/C26H22FN5O2/c27-22-9-5-4-8-21(22)24-17-26(33)32(29-24)20-14-19-15-23(18-6-2-1-3-7-18)28-31(19)25(16-20)30-10-12-34-13-11-30/h1-9,14-17,29H,10-13H2. The molecule has 1 N–H and O–H groups in total. The summed E-state index contributed by atoms with van der Waals surface area (Å²) in [4.78, 5) is 15.1. The number of rotatable bonds is 4. The van der Waals surface area contributed by atoms with E-state index in [1.54, 1.807) is 18.2 Å². The highest BCUT2D eigenvalue weighted by Gasteiger charge is 2.19. The van der Waals surface area contributed by atoms with Crippen molar-refractivity contribution in [2.75, 3.05) is 31.2 Å². The van der Waals surface area contributed by atoms with Crippen LogP contribution in [0.1, 0.15) is 0 Å². The van der Waals surface area contributed by atoms with E-state index < -0.39 is 0 Å². The molecule has 0 bridgehead atoms. The molecule has 0 atom stereocenters. The molecule has 0 radical (unpaired) electrons. The molecule has 6 rings (SSSR count). The zero-order chi connectivity index (χ0) is 23.1. The van der Waals surface area contributed by atoms with Crippen LogP contribution >= 0.6 is 0 Å². The van der Waals surface area contributed by atoms with E-state index in [4.69, 9.17) is 9.84 Å². The van der Waals surface area contributed by atoms with E-state index in [-0.39, 0.29) is 11.4 Å². The van der Waals surface area contributed by atoms with Crippen LogP contribution in [0, 0.1) is 5.82 Å². The van der Waals surface area contributed by atoms with Gasteiger partial charge in [-0.1, -0.05) is 42.5 Å². The Morgan fingerprint density at radius 3 is 2.47 bits per heavy atom. The molecule has 4 heterocycles. The van der Waals surface area contributed by atoms with Gasteiger partial charge in [0.1, 0.15) is 11.6 Å². The molecule has 0 aliphatic carbocycles. The molecule has 3 aromatic heterocycles. The summed E-state index contributed by atoms with van der Waals surface area (Å²) in [6.07, 6.45) is 0. The van der Waals surface area contributed by atoms with Crippen LogP contribution in [0.4, 0.5) is 10.2 Å². The lowest BCUT2D eigenvalue weighted by atomic mass is 10.1. The van der Waals surface area contributed by atoms with Gasteiger partial charge in [0.05, 0.1) is 35.8 Å². The maximum Gasteiger partial charge on any atom is 0.271 e. The number of aromatic nitrogens is 4. The predicted octanol–water partition coefficient (Wildman–Crippen LogP) is 4.12. The van der Waals surface area contributed by atoms with Crippen LogP contribution in [0.15, 0.2) is 83.7 Å². The Labute approximate surface area is 194 Å². The molecular formula is C26H22FN5O2. The Morgan fingerprint density at radius 1 is 0.912 bits per heavy atom. The van der Waals surface area contributed by atoms with E-state index in [0.29, 0.717) is 30.2 Å². The molecule has 5 aromatic rings. The highest BCUT2D eigenvalue weighted by Crippen LogP contribution is 2.27. The Hall–Kier alpha value is -4.17. The van der Waals surface area contributed by atoms with Gasteiger partial charge in [0.25, 0.3) is 5.56 Å². The Kier molecular flexibility index (Phi) is 5.00. The number of pyridine rings is 1. The number of morpholine rings is 1. The van der Waals surface area contributed by atoms with E-state index in [0.717, 1.165) is 35.7 Å². The lowest BCUT2D eigenvalue weighted by Gasteiger charge is -2.29. The average molecular weight is 455 g/mol. The number of benzene rings is 2. The maximum atomic E-state index is 14.3. The van der Waals surface area contributed by atoms with Gasteiger partial charge in [0, 0.05) is 36.3 Å². The van der Waals surface area contributed by atoms with E-state index in [9.17, 15) is 9.18 Å². The minimum absolute atomic E-state index is 0.265. The molecule has 8 heteroatoms. The number of ether oxygens (including phenoxy) is 1.